The zero-order valence-electron chi connectivity index (χ0n) is 21.1. The minimum atomic E-state index is -0.444. The Morgan fingerprint density at radius 2 is 1.87 bits per heavy atom. The van der Waals surface area contributed by atoms with Crippen LogP contribution in [0.25, 0.3) is 17.0 Å². The zero-order chi connectivity index (χ0) is 26.8. The van der Waals surface area contributed by atoms with E-state index in [0.717, 1.165) is 27.7 Å². The topological polar surface area (TPSA) is 87.7 Å². The van der Waals surface area contributed by atoms with Gasteiger partial charge < -0.3 is 9.30 Å². The average molecular weight is 521 g/mol. The number of carbonyl (C=O) groups is 2. The van der Waals surface area contributed by atoms with Gasteiger partial charge >= 0.3 is 5.97 Å². The van der Waals surface area contributed by atoms with Crippen molar-refractivity contribution in [1.29, 1.82) is 5.26 Å². The third-order valence-electron chi connectivity index (χ3n) is 6.52. The van der Waals surface area contributed by atoms with Gasteiger partial charge in [0.2, 0.25) is 0 Å². The minimum Gasteiger partial charge on any atom is -0.465 e. The molecule has 0 spiro atoms. The van der Waals surface area contributed by atoms with Crippen molar-refractivity contribution in [3.8, 4) is 6.07 Å². The number of esters is 1. The SMILES string of the molecule is COC(=O)c1cccc(N=C2SC(=Cc3c(C)n(Cc4ccccc4C#N)c4ccccc34)C(=O)N2C)c1. The summed E-state index contributed by atoms with van der Waals surface area (Å²) in [5.41, 5.74) is 5.51. The van der Waals surface area contributed by atoms with Gasteiger partial charge in [-0.2, -0.15) is 5.26 Å². The fourth-order valence-corrected chi connectivity index (χ4v) is 5.46. The number of hydrogen-bond donors (Lipinski definition) is 0. The van der Waals surface area contributed by atoms with Crippen LogP contribution in [0, 0.1) is 18.3 Å². The second-order valence-corrected chi connectivity index (χ2v) is 9.79. The van der Waals surface area contributed by atoms with Crippen molar-refractivity contribution in [3.05, 3.63) is 106 Å². The molecule has 1 saturated heterocycles. The number of methoxy groups -OCH3 is 1. The molecule has 0 atom stereocenters. The first-order valence-electron chi connectivity index (χ1n) is 11.9. The Hall–Kier alpha value is -4.61. The highest BCUT2D eigenvalue weighted by Crippen LogP contribution is 2.36. The van der Waals surface area contributed by atoms with E-state index in [1.54, 1.807) is 31.3 Å². The molecular formula is C30H24N4O3S. The molecule has 0 bridgehead atoms. The standard InChI is InChI=1S/C30H24N4O3S/c1-19-25(24-13-6-7-14-26(24)34(19)18-22-10-5-4-9-21(22)17-31)16-27-28(35)33(2)30(38-27)32-23-12-8-11-20(15-23)29(36)37-3/h4-16H,18H2,1-3H3. The molecule has 0 aliphatic carbocycles. The fraction of sp³-hybridized carbons (Fsp3) is 0.133. The lowest BCUT2D eigenvalue weighted by Crippen LogP contribution is -2.23. The lowest BCUT2D eigenvalue weighted by Gasteiger charge is -2.10. The number of aliphatic imine (C=N–C) groups is 1. The highest BCUT2D eigenvalue weighted by molar-refractivity contribution is 8.18. The predicted molar refractivity (Wildman–Crippen MR) is 150 cm³/mol. The molecule has 0 saturated carbocycles. The molecule has 1 aliphatic rings. The van der Waals surface area contributed by atoms with E-state index in [2.05, 4.69) is 21.7 Å². The van der Waals surface area contributed by atoms with E-state index >= 15 is 0 Å². The summed E-state index contributed by atoms with van der Waals surface area (Å²) >= 11 is 1.29. The number of nitrogens with zero attached hydrogens (tertiary/aromatic N) is 4. The smallest absolute Gasteiger partial charge is 0.337 e. The monoisotopic (exact) mass is 520 g/mol. The molecule has 8 heteroatoms. The van der Waals surface area contributed by atoms with Gasteiger partial charge in [0, 0.05) is 35.8 Å². The molecule has 38 heavy (non-hydrogen) atoms. The largest absolute Gasteiger partial charge is 0.465 e. The second kappa shape index (κ2) is 10.4. The number of para-hydroxylation sites is 1. The molecule has 1 aromatic heterocycles. The number of rotatable bonds is 5. The predicted octanol–water partition coefficient (Wildman–Crippen LogP) is 5.89. The van der Waals surface area contributed by atoms with Crippen molar-refractivity contribution in [1.82, 2.24) is 9.47 Å². The molecule has 2 heterocycles. The number of thioether (sulfide) groups is 1. The molecule has 5 rings (SSSR count). The maximum absolute atomic E-state index is 13.2. The van der Waals surface area contributed by atoms with E-state index in [4.69, 9.17) is 4.74 Å². The summed E-state index contributed by atoms with van der Waals surface area (Å²) in [6.07, 6.45) is 1.92. The summed E-state index contributed by atoms with van der Waals surface area (Å²) in [6.45, 7) is 2.58. The maximum Gasteiger partial charge on any atom is 0.337 e. The van der Waals surface area contributed by atoms with Gasteiger partial charge in [-0.1, -0.05) is 42.5 Å². The van der Waals surface area contributed by atoms with Crippen LogP contribution < -0.4 is 0 Å². The highest BCUT2D eigenvalue weighted by Gasteiger charge is 2.31. The van der Waals surface area contributed by atoms with E-state index in [1.807, 2.05) is 55.5 Å². The number of aromatic nitrogens is 1. The lowest BCUT2D eigenvalue weighted by atomic mass is 10.1. The highest BCUT2D eigenvalue weighted by atomic mass is 32.2. The van der Waals surface area contributed by atoms with E-state index < -0.39 is 5.97 Å². The first-order chi connectivity index (χ1) is 18.4. The number of ether oxygens (including phenoxy) is 1. The number of nitriles is 1. The molecule has 0 radical (unpaired) electrons. The van der Waals surface area contributed by atoms with E-state index in [-0.39, 0.29) is 5.91 Å². The van der Waals surface area contributed by atoms with Crippen LogP contribution in [0.5, 0.6) is 0 Å². The molecule has 3 aromatic carbocycles. The minimum absolute atomic E-state index is 0.149. The number of benzene rings is 3. The van der Waals surface area contributed by atoms with Crippen LogP contribution in [0.4, 0.5) is 5.69 Å². The fourth-order valence-electron chi connectivity index (χ4n) is 4.49. The molecule has 0 unspecified atom stereocenters. The van der Waals surface area contributed by atoms with Crippen molar-refractivity contribution in [3.63, 3.8) is 0 Å². The van der Waals surface area contributed by atoms with Gasteiger partial charge in [-0.15, -0.1) is 0 Å². The second-order valence-electron chi connectivity index (χ2n) is 8.78. The van der Waals surface area contributed by atoms with Gasteiger partial charge in [0.25, 0.3) is 5.91 Å². The normalized spacial score (nSPS) is 15.4. The molecule has 1 aliphatic heterocycles. The van der Waals surface area contributed by atoms with Crippen LogP contribution in [0.15, 0.2) is 82.7 Å². The first kappa shape index (κ1) is 25.1. The Bertz CT molecular complexity index is 1690. The van der Waals surface area contributed by atoms with E-state index in [9.17, 15) is 14.9 Å². The van der Waals surface area contributed by atoms with Gasteiger partial charge in [0.05, 0.1) is 34.9 Å². The number of likely N-dealkylation sites (N-methyl/N-ethyl adjacent to an activating group) is 1. The van der Waals surface area contributed by atoms with Crippen molar-refractivity contribution in [2.24, 2.45) is 4.99 Å². The number of amidine groups is 1. The van der Waals surface area contributed by atoms with Crippen LogP contribution in [-0.2, 0) is 16.1 Å². The van der Waals surface area contributed by atoms with Gasteiger partial charge in [0.1, 0.15) is 0 Å². The van der Waals surface area contributed by atoms with Gasteiger partial charge in [0.15, 0.2) is 5.17 Å². The lowest BCUT2D eigenvalue weighted by molar-refractivity contribution is -0.121. The molecule has 0 N–H and O–H groups in total. The van der Waals surface area contributed by atoms with Crippen molar-refractivity contribution < 1.29 is 14.3 Å². The Morgan fingerprint density at radius 1 is 1.11 bits per heavy atom. The average Bonchev–Trinajstić information content (AvgIpc) is 3.36. The summed E-state index contributed by atoms with van der Waals surface area (Å²) < 4.78 is 6.98. The Kier molecular flexibility index (Phi) is 6.86. The third kappa shape index (κ3) is 4.60. The Labute approximate surface area is 224 Å². The van der Waals surface area contributed by atoms with Crippen molar-refractivity contribution in [2.75, 3.05) is 14.2 Å². The summed E-state index contributed by atoms with van der Waals surface area (Å²) in [4.78, 5) is 31.8. The Morgan fingerprint density at radius 3 is 2.66 bits per heavy atom. The number of carbonyl (C=O) groups excluding carboxylic acids is 2. The molecule has 4 aromatic rings. The van der Waals surface area contributed by atoms with E-state index in [1.165, 1.54) is 23.8 Å². The van der Waals surface area contributed by atoms with Crippen molar-refractivity contribution >= 4 is 51.5 Å². The summed E-state index contributed by atoms with van der Waals surface area (Å²) in [6, 6.07) is 24.7. The number of hydrogen-bond acceptors (Lipinski definition) is 6. The van der Waals surface area contributed by atoms with Gasteiger partial charge in [-0.25, -0.2) is 9.79 Å². The molecule has 1 amide bonds. The number of fused-ring (bicyclic) bond motifs is 1. The molecule has 7 nitrogen and oxygen atoms in total. The Balaban J connectivity index is 1.53. The van der Waals surface area contributed by atoms with Crippen LogP contribution in [0.2, 0.25) is 0 Å². The zero-order valence-corrected chi connectivity index (χ0v) is 22.0. The molecule has 188 valence electrons. The van der Waals surface area contributed by atoms with Crippen LogP contribution >= 0.6 is 11.8 Å². The third-order valence-corrected chi connectivity index (χ3v) is 7.58. The van der Waals surface area contributed by atoms with Crippen molar-refractivity contribution in [2.45, 2.75) is 13.5 Å². The molecule has 1 fully saturated rings. The quantitative estimate of drug-likeness (QED) is 0.242. The van der Waals surface area contributed by atoms with Gasteiger partial charge in [-0.05, 0) is 60.7 Å². The first-order valence-corrected chi connectivity index (χ1v) is 12.7. The summed E-state index contributed by atoms with van der Waals surface area (Å²) in [5.74, 6) is -0.593. The summed E-state index contributed by atoms with van der Waals surface area (Å²) in [7, 11) is 3.02. The molecular weight excluding hydrogens is 496 g/mol. The number of amides is 1. The van der Waals surface area contributed by atoms with E-state index in [0.29, 0.717) is 33.4 Å². The van der Waals surface area contributed by atoms with Crippen LogP contribution in [-0.4, -0.2) is 40.7 Å². The summed E-state index contributed by atoms with van der Waals surface area (Å²) in [5, 5.41) is 11.1. The maximum atomic E-state index is 13.2. The van der Waals surface area contributed by atoms with Crippen LogP contribution in [0.1, 0.15) is 32.7 Å². The van der Waals surface area contributed by atoms with Crippen LogP contribution in [0.3, 0.4) is 0 Å². The van der Waals surface area contributed by atoms with Gasteiger partial charge in [-0.3, -0.25) is 9.69 Å².